The van der Waals surface area contributed by atoms with Crippen LogP contribution in [0.25, 0.3) is 32.3 Å². The number of hydrogen-bond acceptors (Lipinski definition) is 7. The van der Waals surface area contributed by atoms with Gasteiger partial charge in [-0.2, -0.15) is 5.26 Å². The average molecular weight is 541 g/mol. The third-order valence-corrected chi connectivity index (χ3v) is 6.66. The molecule has 31 heavy (non-hydrogen) atoms. The minimum Gasteiger partial charge on any atom is -0.327 e. The van der Waals surface area contributed by atoms with Crippen LogP contribution in [0.5, 0.6) is 0 Å². The van der Waals surface area contributed by atoms with E-state index in [2.05, 4.69) is 60.2 Å². The van der Waals surface area contributed by atoms with E-state index in [4.69, 9.17) is 5.73 Å². The predicted molar refractivity (Wildman–Crippen MR) is 128 cm³/mol. The van der Waals surface area contributed by atoms with Crippen molar-refractivity contribution in [1.82, 2.24) is 20.2 Å². The van der Waals surface area contributed by atoms with Crippen molar-refractivity contribution in [3.05, 3.63) is 57.6 Å². The summed E-state index contributed by atoms with van der Waals surface area (Å²) in [4.78, 5) is 20.5. The highest BCUT2D eigenvalue weighted by molar-refractivity contribution is 14.1. The van der Waals surface area contributed by atoms with Crippen LogP contribution in [0, 0.1) is 21.8 Å². The maximum absolute atomic E-state index is 11.7. The highest BCUT2D eigenvalue weighted by atomic mass is 127. The largest absolute Gasteiger partial charge is 0.327 e. The molecule has 0 radical (unpaired) electrons. The minimum absolute atomic E-state index is 0.139. The van der Waals surface area contributed by atoms with E-state index in [1.54, 1.807) is 18.3 Å². The number of nitriles is 1. The van der Waals surface area contributed by atoms with Gasteiger partial charge in [0.25, 0.3) is 0 Å². The summed E-state index contributed by atoms with van der Waals surface area (Å²) >= 11 is 3.72. The van der Waals surface area contributed by atoms with Gasteiger partial charge in [0.15, 0.2) is 5.82 Å². The molecule has 0 spiro atoms. The lowest BCUT2D eigenvalue weighted by Crippen LogP contribution is -2.22. The van der Waals surface area contributed by atoms with Crippen molar-refractivity contribution >= 4 is 45.7 Å². The SMILES string of the molecule is Cc1ccc(-c2c(-c3nnc[nH]3)sc(-c3ccnc(NC(=O)CN)c3)c2C#N)c(I)c1. The van der Waals surface area contributed by atoms with Crippen LogP contribution in [-0.4, -0.2) is 32.6 Å². The molecule has 3 aromatic heterocycles. The zero-order chi connectivity index (χ0) is 22.0. The maximum Gasteiger partial charge on any atom is 0.239 e. The highest BCUT2D eigenvalue weighted by Crippen LogP contribution is 2.47. The fourth-order valence-electron chi connectivity index (χ4n) is 3.14. The molecule has 0 aliphatic heterocycles. The molecule has 0 atom stereocenters. The number of rotatable bonds is 5. The number of aryl methyl sites for hydroxylation is 1. The zero-order valence-electron chi connectivity index (χ0n) is 16.3. The van der Waals surface area contributed by atoms with Crippen LogP contribution in [0.2, 0.25) is 0 Å². The predicted octanol–water partition coefficient (Wildman–Crippen LogP) is 3.94. The molecule has 3 heterocycles. The first kappa shape index (κ1) is 21.1. The first-order valence-electron chi connectivity index (χ1n) is 9.18. The molecule has 0 saturated heterocycles. The van der Waals surface area contributed by atoms with Gasteiger partial charge in [-0.05, 0) is 58.8 Å². The summed E-state index contributed by atoms with van der Waals surface area (Å²) in [6, 6.07) is 12.0. The highest BCUT2D eigenvalue weighted by Gasteiger charge is 2.25. The van der Waals surface area contributed by atoms with Gasteiger partial charge >= 0.3 is 0 Å². The number of H-pyrrole nitrogens is 1. The molecule has 1 aromatic carbocycles. The Balaban J connectivity index is 1.94. The van der Waals surface area contributed by atoms with Crippen LogP contribution >= 0.6 is 33.9 Å². The van der Waals surface area contributed by atoms with E-state index in [-0.39, 0.29) is 12.5 Å². The van der Waals surface area contributed by atoms with E-state index in [0.29, 0.717) is 17.2 Å². The van der Waals surface area contributed by atoms with E-state index in [1.165, 1.54) is 17.7 Å². The van der Waals surface area contributed by atoms with Crippen LogP contribution in [0.1, 0.15) is 11.1 Å². The molecule has 0 bridgehead atoms. The van der Waals surface area contributed by atoms with Gasteiger partial charge in [0, 0.05) is 15.3 Å². The van der Waals surface area contributed by atoms with E-state index >= 15 is 0 Å². The fraction of sp³-hybridized carbons (Fsp3) is 0.0952. The zero-order valence-corrected chi connectivity index (χ0v) is 19.3. The van der Waals surface area contributed by atoms with Crippen LogP contribution in [0.4, 0.5) is 5.82 Å². The minimum atomic E-state index is -0.339. The van der Waals surface area contributed by atoms with Crippen molar-refractivity contribution in [1.29, 1.82) is 5.26 Å². The molecule has 1 amide bonds. The van der Waals surface area contributed by atoms with Crippen molar-refractivity contribution in [3.8, 4) is 38.3 Å². The Labute approximate surface area is 195 Å². The summed E-state index contributed by atoms with van der Waals surface area (Å²) in [7, 11) is 0. The third kappa shape index (κ3) is 4.20. The van der Waals surface area contributed by atoms with E-state index < -0.39 is 0 Å². The molecule has 4 rings (SSSR count). The van der Waals surface area contributed by atoms with Crippen LogP contribution in [0.15, 0.2) is 42.9 Å². The van der Waals surface area contributed by atoms with Gasteiger partial charge in [-0.1, -0.05) is 17.7 Å². The van der Waals surface area contributed by atoms with Crippen LogP contribution in [-0.2, 0) is 4.79 Å². The standard InChI is InChI=1S/C21H16IN7OS/c1-11-2-3-13(15(22)6-11)18-14(8-23)19(31-20(18)21-26-10-27-29-21)12-4-5-25-16(7-12)28-17(30)9-24/h2-7,10H,9,24H2,1H3,(H,25,28,30)(H,26,27,29). The molecular weight excluding hydrogens is 525 g/mol. The number of thiophene rings is 1. The molecule has 0 aliphatic carbocycles. The van der Waals surface area contributed by atoms with Gasteiger partial charge in [-0.3, -0.25) is 4.79 Å². The second-order valence-electron chi connectivity index (χ2n) is 6.62. The van der Waals surface area contributed by atoms with E-state index in [0.717, 1.165) is 35.6 Å². The van der Waals surface area contributed by atoms with E-state index in [9.17, 15) is 10.1 Å². The number of benzene rings is 1. The first-order chi connectivity index (χ1) is 15.0. The lowest BCUT2D eigenvalue weighted by molar-refractivity contribution is -0.114. The molecular formula is C21H16IN7OS. The number of nitrogens with zero attached hydrogens (tertiary/aromatic N) is 4. The fourth-order valence-corrected chi connectivity index (χ4v) is 5.29. The van der Waals surface area contributed by atoms with Crippen LogP contribution in [0.3, 0.4) is 0 Å². The number of anilines is 1. The van der Waals surface area contributed by atoms with E-state index in [1.807, 2.05) is 19.1 Å². The number of carbonyl (C=O) groups is 1. The number of carbonyl (C=O) groups excluding carboxylic acids is 1. The summed E-state index contributed by atoms with van der Waals surface area (Å²) in [6.45, 7) is 1.89. The summed E-state index contributed by atoms with van der Waals surface area (Å²) < 4.78 is 1.03. The quantitative estimate of drug-likeness (QED) is 0.328. The molecule has 8 nitrogen and oxygen atoms in total. The van der Waals surface area contributed by atoms with Gasteiger partial charge in [0.1, 0.15) is 18.2 Å². The molecule has 0 unspecified atom stereocenters. The first-order valence-corrected chi connectivity index (χ1v) is 11.1. The Bertz CT molecular complexity index is 1310. The number of halogens is 1. The average Bonchev–Trinajstić information content (AvgIpc) is 3.41. The third-order valence-electron chi connectivity index (χ3n) is 4.52. The van der Waals surface area contributed by atoms with Gasteiger partial charge in [0.2, 0.25) is 5.91 Å². The molecule has 0 aliphatic rings. The molecule has 154 valence electrons. The second-order valence-corrected chi connectivity index (χ2v) is 8.81. The maximum atomic E-state index is 11.7. The summed E-state index contributed by atoms with van der Waals surface area (Å²) in [5, 5.41) is 20.9. The van der Waals surface area contributed by atoms with Gasteiger partial charge in [-0.25, -0.2) is 4.98 Å². The smallest absolute Gasteiger partial charge is 0.239 e. The Morgan fingerprint density at radius 1 is 1.32 bits per heavy atom. The Hall–Kier alpha value is -3.14. The molecule has 10 heteroatoms. The van der Waals surface area contributed by atoms with Gasteiger partial charge < -0.3 is 16.0 Å². The van der Waals surface area contributed by atoms with Gasteiger partial charge in [0.05, 0.1) is 21.9 Å². The monoisotopic (exact) mass is 541 g/mol. The van der Waals surface area contributed by atoms with Crippen molar-refractivity contribution < 1.29 is 4.79 Å². The number of pyridine rings is 1. The number of aromatic nitrogens is 4. The topological polar surface area (TPSA) is 133 Å². The number of aromatic amines is 1. The van der Waals surface area contributed by atoms with Gasteiger partial charge in [-0.15, -0.1) is 21.5 Å². The second kappa shape index (κ2) is 8.93. The van der Waals surface area contributed by atoms with Crippen molar-refractivity contribution in [2.75, 3.05) is 11.9 Å². The molecule has 4 N–H and O–H groups in total. The number of nitrogens with two attached hydrogens (primary N) is 1. The lowest BCUT2D eigenvalue weighted by Gasteiger charge is -2.08. The molecule has 4 aromatic rings. The normalized spacial score (nSPS) is 10.6. The Kier molecular flexibility index (Phi) is 6.08. The molecule has 0 saturated carbocycles. The summed E-state index contributed by atoms with van der Waals surface area (Å²) in [6.07, 6.45) is 3.10. The van der Waals surface area contributed by atoms with Crippen molar-refractivity contribution in [2.45, 2.75) is 6.92 Å². The Morgan fingerprint density at radius 3 is 2.84 bits per heavy atom. The van der Waals surface area contributed by atoms with Crippen molar-refractivity contribution in [3.63, 3.8) is 0 Å². The summed E-state index contributed by atoms with van der Waals surface area (Å²) in [5.41, 5.74) is 9.56. The lowest BCUT2D eigenvalue weighted by atomic mass is 9.98. The Morgan fingerprint density at radius 2 is 2.16 bits per heavy atom. The van der Waals surface area contributed by atoms with Crippen LogP contribution < -0.4 is 11.1 Å². The molecule has 0 fully saturated rings. The van der Waals surface area contributed by atoms with Crippen molar-refractivity contribution in [2.24, 2.45) is 5.73 Å². The number of hydrogen-bond donors (Lipinski definition) is 3. The number of amides is 1. The summed E-state index contributed by atoms with van der Waals surface area (Å²) in [5.74, 6) is 0.622. The number of nitrogens with one attached hydrogen (secondary N) is 2.